The van der Waals surface area contributed by atoms with E-state index in [0.29, 0.717) is 24.7 Å². The minimum atomic E-state index is -0.221. The van der Waals surface area contributed by atoms with E-state index >= 15 is 0 Å². The van der Waals surface area contributed by atoms with Crippen molar-refractivity contribution in [2.24, 2.45) is 0 Å². The van der Waals surface area contributed by atoms with Crippen molar-refractivity contribution in [2.45, 2.75) is 31.8 Å². The molecule has 25 heavy (non-hydrogen) atoms. The van der Waals surface area contributed by atoms with Crippen LogP contribution in [0.15, 0.2) is 48.7 Å². The number of aromatic nitrogens is 1. The van der Waals surface area contributed by atoms with Gasteiger partial charge in [-0.15, -0.1) is 0 Å². The normalized spacial score (nSPS) is 13.1. The zero-order valence-electron chi connectivity index (χ0n) is 14.0. The van der Waals surface area contributed by atoms with Crippen molar-refractivity contribution in [3.05, 3.63) is 59.8 Å². The third-order valence-electron chi connectivity index (χ3n) is 3.93. The van der Waals surface area contributed by atoms with E-state index < -0.39 is 0 Å². The summed E-state index contributed by atoms with van der Waals surface area (Å²) in [7, 11) is 0. The molecule has 130 valence electrons. The van der Waals surface area contributed by atoms with Crippen molar-refractivity contribution in [1.29, 1.82) is 0 Å². The molecule has 2 aromatic rings. The van der Waals surface area contributed by atoms with Gasteiger partial charge in [-0.1, -0.05) is 30.3 Å². The highest BCUT2D eigenvalue weighted by Crippen LogP contribution is 2.23. The topological polar surface area (TPSA) is 83.1 Å². The maximum Gasteiger partial charge on any atom is 0.252 e. The van der Waals surface area contributed by atoms with Gasteiger partial charge in [-0.3, -0.25) is 9.59 Å². The van der Waals surface area contributed by atoms with Gasteiger partial charge in [0, 0.05) is 31.7 Å². The Morgan fingerprint density at radius 3 is 2.52 bits per heavy atom. The molecule has 0 spiro atoms. The van der Waals surface area contributed by atoms with E-state index in [4.69, 9.17) is 0 Å². The second-order valence-electron chi connectivity index (χ2n) is 6.12. The molecule has 0 aliphatic heterocycles. The molecule has 6 nitrogen and oxygen atoms in total. The van der Waals surface area contributed by atoms with Gasteiger partial charge >= 0.3 is 0 Å². The summed E-state index contributed by atoms with van der Waals surface area (Å²) in [6, 6.07) is 13.8. The van der Waals surface area contributed by atoms with Crippen LogP contribution in [0.5, 0.6) is 0 Å². The summed E-state index contributed by atoms with van der Waals surface area (Å²) in [5.41, 5.74) is 1.54. The molecular weight excluding hydrogens is 316 g/mol. The first-order valence-corrected chi connectivity index (χ1v) is 8.52. The van der Waals surface area contributed by atoms with E-state index in [1.165, 1.54) is 12.8 Å². The average Bonchev–Trinajstić information content (AvgIpc) is 3.45. The molecule has 6 heteroatoms. The van der Waals surface area contributed by atoms with E-state index in [1.807, 2.05) is 30.3 Å². The second-order valence-corrected chi connectivity index (χ2v) is 6.12. The summed E-state index contributed by atoms with van der Waals surface area (Å²) in [5.74, 6) is 0.479. The number of anilines is 1. The molecule has 1 aliphatic carbocycles. The number of pyridine rings is 1. The van der Waals surface area contributed by atoms with E-state index in [-0.39, 0.29) is 18.2 Å². The molecule has 1 aromatic heterocycles. The Labute approximate surface area is 147 Å². The van der Waals surface area contributed by atoms with Gasteiger partial charge in [0.2, 0.25) is 5.91 Å². The minimum absolute atomic E-state index is 0.0914. The molecule has 1 saturated carbocycles. The Morgan fingerprint density at radius 1 is 1.04 bits per heavy atom. The fourth-order valence-corrected chi connectivity index (χ4v) is 2.33. The summed E-state index contributed by atoms with van der Waals surface area (Å²) in [5, 5.41) is 8.85. The van der Waals surface area contributed by atoms with Crippen molar-refractivity contribution >= 4 is 17.6 Å². The highest BCUT2D eigenvalue weighted by Gasteiger charge is 2.21. The predicted octanol–water partition coefficient (Wildman–Crippen LogP) is 2.09. The summed E-state index contributed by atoms with van der Waals surface area (Å²) in [6.45, 7) is 0.786. The molecule has 0 bridgehead atoms. The van der Waals surface area contributed by atoms with Gasteiger partial charge in [0.15, 0.2) is 0 Å². The maximum absolute atomic E-state index is 12.0. The van der Waals surface area contributed by atoms with Crippen LogP contribution >= 0.6 is 0 Å². The van der Waals surface area contributed by atoms with Crippen molar-refractivity contribution in [3.8, 4) is 0 Å². The van der Waals surface area contributed by atoms with Gasteiger partial charge in [0.25, 0.3) is 5.91 Å². The van der Waals surface area contributed by atoms with E-state index in [2.05, 4.69) is 20.9 Å². The van der Waals surface area contributed by atoms with Crippen LogP contribution in [0, 0.1) is 0 Å². The lowest BCUT2D eigenvalue weighted by Gasteiger charge is -2.08. The number of rotatable bonds is 8. The second kappa shape index (κ2) is 8.28. The minimum Gasteiger partial charge on any atom is -0.367 e. The number of hydrogen-bond acceptors (Lipinski definition) is 4. The molecule has 0 atom stereocenters. The van der Waals surface area contributed by atoms with Crippen LogP contribution in [-0.2, 0) is 11.3 Å². The van der Waals surface area contributed by atoms with Crippen LogP contribution < -0.4 is 16.0 Å². The molecule has 1 aliphatic rings. The molecule has 3 rings (SSSR count). The molecule has 2 amide bonds. The lowest BCUT2D eigenvalue weighted by Crippen LogP contribution is -2.30. The lowest BCUT2D eigenvalue weighted by atomic mass is 10.2. The van der Waals surface area contributed by atoms with Crippen molar-refractivity contribution in [1.82, 2.24) is 15.6 Å². The summed E-state index contributed by atoms with van der Waals surface area (Å²) < 4.78 is 0. The quantitative estimate of drug-likeness (QED) is 0.688. The van der Waals surface area contributed by atoms with Crippen molar-refractivity contribution in [3.63, 3.8) is 0 Å². The molecule has 1 fully saturated rings. The Kier molecular flexibility index (Phi) is 5.61. The molecule has 0 radical (unpaired) electrons. The lowest BCUT2D eigenvalue weighted by molar-refractivity contribution is -0.121. The third kappa shape index (κ3) is 5.60. The van der Waals surface area contributed by atoms with Crippen LogP contribution in [0.25, 0.3) is 0 Å². The van der Waals surface area contributed by atoms with Crippen LogP contribution in [0.2, 0.25) is 0 Å². The molecule has 1 aromatic carbocycles. The van der Waals surface area contributed by atoms with Crippen LogP contribution in [0.3, 0.4) is 0 Å². The van der Waals surface area contributed by atoms with Crippen molar-refractivity contribution < 1.29 is 9.59 Å². The molecule has 0 unspecified atom stereocenters. The first-order valence-electron chi connectivity index (χ1n) is 8.52. The first kappa shape index (κ1) is 17.0. The fraction of sp³-hybridized carbons (Fsp3) is 0.316. The zero-order valence-corrected chi connectivity index (χ0v) is 14.0. The maximum atomic E-state index is 12.0. The molecular formula is C19H22N4O2. The smallest absolute Gasteiger partial charge is 0.252 e. The number of amides is 2. The van der Waals surface area contributed by atoms with Gasteiger partial charge in [-0.05, 0) is 30.5 Å². The Morgan fingerprint density at radius 2 is 1.84 bits per heavy atom. The largest absolute Gasteiger partial charge is 0.367 e. The van der Waals surface area contributed by atoms with Crippen LogP contribution in [0.1, 0.15) is 35.2 Å². The Balaban J connectivity index is 1.36. The summed E-state index contributed by atoms with van der Waals surface area (Å²) >= 11 is 0. The van der Waals surface area contributed by atoms with Gasteiger partial charge < -0.3 is 16.0 Å². The number of carbonyl (C=O) groups excluding carboxylic acids is 2. The van der Waals surface area contributed by atoms with E-state index in [9.17, 15) is 9.59 Å². The number of benzene rings is 1. The summed E-state index contributed by atoms with van der Waals surface area (Å²) in [6.07, 6.45) is 4.15. The average molecular weight is 338 g/mol. The predicted molar refractivity (Wildman–Crippen MR) is 96.1 cm³/mol. The van der Waals surface area contributed by atoms with Crippen molar-refractivity contribution in [2.75, 3.05) is 11.9 Å². The molecule has 0 saturated heterocycles. The monoisotopic (exact) mass is 338 g/mol. The van der Waals surface area contributed by atoms with Crippen LogP contribution in [-0.4, -0.2) is 29.4 Å². The van der Waals surface area contributed by atoms with Gasteiger partial charge in [0.05, 0.1) is 5.56 Å². The van der Waals surface area contributed by atoms with E-state index in [1.54, 1.807) is 18.3 Å². The van der Waals surface area contributed by atoms with Gasteiger partial charge in [0.1, 0.15) is 5.82 Å². The van der Waals surface area contributed by atoms with E-state index in [0.717, 1.165) is 11.4 Å². The fourth-order valence-electron chi connectivity index (χ4n) is 2.33. The molecule has 3 N–H and O–H groups in total. The number of nitrogens with one attached hydrogen (secondary N) is 3. The number of nitrogens with zero attached hydrogens (tertiary/aromatic N) is 1. The molecule has 1 heterocycles. The standard InChI is InChI=1S/C19H22N4O2/c24-18(22-12-14-4-2-1-3-5-14)10-11-20-19(25)15-6-9-17(21-13-15)23-16-7-8-16/h1-6,9,13,16H,7-8,10-12H2,(H,20,25)(H,21,23)(H,22,24). The zero-order chi connectivity index (χ0) is 17.5. The highest BCUT2D eigenvalue weighted by molar-refractivity contribution is 5.94. The van der Waals surface area contributed by atoms with Gasteiger partial charge in [-0.25, -0.2) is 4.98 Å². The Hall–Kier alpha value is -2.89. The number of hydrogen-bond donors (Lipinski definition) is 3. The SMILES string of the molecule is O=C(CCNC(=O)c1ccc(NC2CC2)nc1)NCc1ccccc1. The van der Waals surface area contributed by atoms with Crippen LogP contribution in [0.4, 0.5) is 5.82 Å². The third-order valence-corrected chi connectivity index (χ3v) is 3.93. The first-order chi connectivity index (χ1) is 12.2. The summed E-state index contributed by atoms with van der Waals surface area (Å²) in [4.78, 5) is 28.1. The number of carbonyl (C=O) groups is 2. The Bertz CT molecular complexity index is 712. The van der Waals surface area contributed by atoms with Gasteiger partial charge in [-0.2, -0.15) is 0 Å². The highest BCUT2D eigenvalue weighted by atomic mass is 16.2.